The minimum absolute atomic E-state index is 0.183. The van der Waals surface area contributed by atoms with E-state index in [4.69, 9.17) is 5.73 Å². The molecule has 2 heterocycles. The molecule has 0 aliphatic heterocycles. The molecule has 8 heteroatoms. The van der Waals surface area contributed by atoms with Crippen LogP contribution in [0, 0.1) is 6.92 Å². The van der Waals surface area contributed by atoms with E-state index in [0.717, 1.165) is 16.7 Å². The monoisotopic (exact) mass is 388 g/mol. The molecule has 1 atom stereocenters. The predicted octanol–water partition coefficient (Wildman–Crippen LogP) is 3.51. The highest BCUT2D eigenvalue weighted by atomic mass is 19.3. The molecule has 2 aromatic heterocycles. The minimum Gasteiger partial charge on any atom is -0.388 e. The molecule has 3 rings (SSSR count). The minimum atomic E-state index is -2.61. The van der Waals surface area contributed by atoms with E-state index in [1.165, 1.54) is 19.9 Å². The zero-order valence-electron chi connectivity index (χ0n) is 15.8. The van der Waals surface area contributed by atoms with Crippen molar-refractivity contribution in [3.8, 4) is 11.1 Å². The third-order valence-corrected chi connectivity index (χ3v) is 4.62. The lowest BCUT2D eigenvalue weighted by Gasteiger charge is -2.24. The molecule has 0 bridgehead atoms. The average Bonchev–Trinajstić information content (AvgIpc) is 3.05. The smallest absolute Gasteiger partial charge is 0.278 e. The number of anilines is 1. The van der Waals surface area contributed by atoms with Gasteiger partial charge < -0.3 is 21.1 Å². The number of alkyl halides is 2. The van der Waals surface area contributed by atoms with E-state index in [0.29, 0.717) is 16.7 Å². The van der Waals surface area contributed by atoms with Gasteiger partial charge in [0.05, 0.1) is 11.3 Å². The Labute approximate surface area is 160 Å². The first-order valence-electron chi connectivity index (χ1n) is 8.73. The molecule has 1 amide bonds. The average molecular weight is 388 g/mol. The van der Waals surface area contributed by atoms with E-state index in [9.17, 15) is 18.7 Å². The molecule has 0 saturated carbocycles. The summed E-state index contributed by atoms with van der Waals surface area (Å²) in [6, 6.07) is 7.34. The fraction of sp³-hybridized carbons (Fsp3) is 0.300. The highest BCUT2D eigenvalue weighted by Crippen LogP contribution is 2.33. The van der Waals surface area contributed by atoms with Gasteiger partial charge >= 0.3 is 0 Å². The second kappa shape index (κ2) is 7.29. The van der Waals surface area contributed by atoms with Gasteiger partial charge in [-0.25, -0.2) is 13.8 Å². The van der Waals surface area contributed by atoms with Gasteiger partial charge in [-0.3, -0.25) is 4.79 Å². The standard InChI is InChI=1S/C20H22F2N4O2/c1-10-8-11(25-19(27)16(23)20(2,3)28)4-5-12(10)13-6-7-24-18-14(13)9-15(26-18)17(21)22/h4-9,16-17,28H,23H2,1-3H3,(H,24,26)(H,25,27)/t16-/m0/s1. The van der Waals surface area contributed by atoms with Crippen LogP contribution in [0.4, 0.5) is 14.5 Å². The van der Waals surface area contributed by atoms with Gasteiger partial charge in [-0.1, -0.05) is 6.07 Å². The molecule has 0 aliphatic rings. The van der Waals surface area contributed by atoms with Gasteiger partial charge in [-0.05, 0) is 61.7 Å². The van der Waals surface area contributed by atoms with Crippen LogP contribution in [0.3, 0.4) is 0 Å². The fourth-order valence-corrected chi connectivity index (χ4v) is 2.98. The lowest BCUT2D eigenvalue weighted by molar-refractivity contribution is -0.122. The van der Waals surface area contributed by atoms with Gasteiger partial charge in [-0.15, -0.1) is 0 Å². The number of aromatic nitrogens is 2. The van der Waals surface area contributed by atoms with Crippen molar-refractivity contribution in [2.45, 2.75) is 38.8 Å². The number of nitrogens with one attached hydrogen (secondary N) is 2. The Bertz CT molecular complexity index is 1020. The number of aryl methyl sites for hydroxylation is 1. The molecule has 0 unspecified atom stereocenters. The van der Waals surface area contributed by atoms with Crippen molar-refractivity contribution >= 4 is 22.6 Å². The van der Waals surface area contributed by atoms with Gasteiger partial charge in [0.15, 0.2) is 0 Å². The number of fused-ring (bicyclic) bond motifs is 1. The van der Waals surface area contributed by atoms with Crippen molar-refractivity contribution in [3.05, 3.63) is 47.8 Å². The molecule has 6 nitrogen and oxygen atoms in total. The number of hydrogen-bond donors (Lipinski definition) is 4. The quantitative estimate of drug-likeness (QED) is 0.537. The van der Waals surface area contributed by atoms with Crippen LogP contribution < -0.4 is 11.1 Å². The number of aromatic amines is 1. The number of nitrogens with two attached hydrogens (primary N) is 1. The maximum absolute atomic E-state index is 13.0. The number of hydrogen-bond acceptors (Lipinski definition) is 4. The van der Waals surface area contributed by atoms with Crippen molar-refractivity contribution in [3.63, 3.8) is 0 Å². The van der Waals surface area contributed by atoms with Crippen molar-refractivity contribution < 1.29 is 18.7 Å². The Morgan fingerprint density at radius 3 is 2.57 bits per heavy atom. The Balaban J connectivity index is 1.93. The van der Waals surface area contributed by atoms with Crippen LogP contribution in [0.2, 0.25) is 0 Å². The maximum atomic E-state index is 13.0. The SMILES string of the molecule is Cc1cc(NC(=O)[C@H](N)C(C)(C)O)ccc1-c1ccnc2[nH]c(C(F)F)cc12. The normalized spacial score (nSPS) is 13.1. The number of H-pyrrole nitrogens is 1. The van der Waals surface area contributed by atoms with Gasteiger partial charge in [0.25, 0.3) is 6.43 Å². The predicted molar refractivity (Wildman–Crippen MR) is 104 cm³/mol. The van der Waals surface area contributed by atoms with Gasteiger partial charge in [0, 0.05) is 17.3 Å². The van der Waals surface area contributed by atoms with Crippen molar-refractivity contribution in [2.24, 2.45) is 5.73 Å². The highest BCUT2D eigenvalue weighted by Gasteiger charge is 2.29. The summed E-state index contributed by atoms with van der Waals surface area (Å²) in [6.45, 7) is 4.78. The number of carbonyl (C=O) groups excluding carboxylic acids is 1. The van der Waals surface area contributed by atoms with E-state index in [-0.39, 0.29) is 5.69 Å². The van der Waals surface area contributed by atoms with Crippen molar-refractivity contribution in [1.29, 1.82) is 0 Å². The summed E-state index contributed by atoms with van der Waals surface area (Å²) in [6.07, 6.45) is -1.05. The Morgan fingerprint density at radius 2 is 1.96 bits per heavy atom. The number of rotatable bonds is 5. The molecule has 28 heavy (non-hydrogen) atoms. The van der Waals surface area contributed by atoms with Gasteiger partial charge in [0.2, 0.25) is 5.91 Å². The Hall–Kier alpha value is -2.84. The molecule has 0 spiro atoms. The molecule has 148 valence electrons. The lowest BCUT2D eigenvalue weighted by atomic mass is 9.97. The lowest BCUT2D eigenvalue weighted by Crippen LogP contribution is -2.51. The number of aliphatic hydroxyl groups is 1. The van der Waals surface area contributed by atoms with E-state index < -0.39 is 24.0 Å². The van der Waals surface area contributed by atoms with Crippen LogP contribution in [0.25, 0.3) is 22.2 Å². The second-order valence-corrected chi connectivity index (χ2v) is 7.30. The van der Waals surface area contributed by atoms with Gasteiger partial charge in [-0.2, -0.15) is 0 Å². The molecular weight excluding hydrogens is 366 g/mol. The summed E-state index contributed by atoms with van der Waals surface area (Å²) in [5.41, 5.74) is 7.57. The summed E-state index contributed by atoms with van der Waals surface area (Å²) < 4.78 is 26.0. The molecule has 0 fully saturated rings. The molecule has 0 radical (unpaired) electrons. The van der Waals surface area contributed by atoms with Crippen LogP contribution >= 0.6 is 0 Å². The second-order valence-electron chi connectivity index (χ2n) is 7.30. The van der Waals surface area contributed by atoms with Crippen LogP contribution in [-0.4, -0.2) is 32.6 Å². The number of amides is 1. The van der Waals surface area contributed by atoms with E-state index in [1.54, 1.807) is 30.5 Å². The van der Waals surface area contributed by atoms with Crippen LogP contribution in [0.15, 0.2) is 36.5 Å². The number of halogens is 2. The summed E-state index contributed by atoms with van der Waals surface area (Å²) in [5, 5.41) is 13.2. The summed E-state index contributed by atoms with van der Waals surface area (Å²) >= 11 is 0. The third-order valence-electron chi connectivity index (χ3n) is 4.62. The van der Waals surface area contributed by atoms with Crippen molar-refractivity contribution in [2.75, 3.05) is 5.32 Å². The number of benzene rings is 1. The van der Waals surface area contributed by atoms with Crippen LogP contribution in [0.1, 0.15) is 31.5 Å². The molecule has 0 aliphatic carbocycles. The van der Waals surface area contributed by atoms with Crippen LogP contribution in [0.5, 0.6) is 0 Å². The number of carbonyl (C=O) groups is 1. The molecule has 3 aromatic rings. The molecular formula is C20H22F2N4O2. The highest BCUT2D eigenvalue weighted by molar-refractivity contribution is 5.97. The van der Waals surface area contributed by atoms with E-state index in [1.807, 2.05) is 6.92 Å². The maximum Gasteiger partial charge on any atom is 0.278 e. The summed E-state index contributed by atoms with van der Waals surface area (Å²) in [4.78, 5) is 18.9. The zero-order valence-corrected chi connectivity index (χ0v) is 15.8. The van der Waals surface area contributed by atoms with E-state index in [2.05, 4.69) is 15.3 Å². The van der Waals surface area contributed by atoms with Crippen LogP contribution in [-0.2, 0) is 4.79 Å². The number of nitrogens with zero attached hydrogens (tertiary/aromatic N) is 1. The molecule has 5 N–H and O–H groups in total. The Morgan fingerprint density at radius 1 is 1.25 bits per heavy atom. The third kappa shape index (κ3) is 3.88. The van der Waals surface area contributed by atoms with E-state index >= 15 is 0 Å². The van der Waals surface area contributed by atoms with Crippen molar-refractivity contribution in [1.82, 2.24) is 9.97 Å². The molecule has 1 aromatic carbocycles. The first-order chi connectivity index (χ1) is 13.1. The van der Waals surface area contributed by atoms with Gasteiger partial charge in [0.1, 0.15) is 11.7 Å². The first-order valence-corrected chi connectivity index (χ1v) is 8.73. The fourth-order valence-electron chi connectivity index (χ4n) is 2.98. The number of pyridine rings is 1. The largest absolute Gasteiger partial charge is 0.388 e. The molecule has 0 saturated heterocycles. The summed E-state index contributed by atoms with van der Waals surface area (Å²) in [7, 11) is 0. The topological polar surface area (TPSA) is 104 Å². The first kappa shape index (κ1) is 19.9. The summed E-state index contributed by atoms with van der Waals surface area (Å²) in [5.74, 6) is -0.502. The Kier molecular flexibility index (Phi) is 5.18. The zero-order chi connectivity index (χ0) is 20.6.